The van der Waals surface area contributed by atoms with Crippen molar-refractivity contribution in [3.63, 3.8) is 0 Å². The lowest BCUT2D eigenvalue weighted by Crippen LogP contribution is -2.22. The van der Waals surface area contributed by atoms with E-state index in [0.29, 0.717) is 0 Å². The van der Waals surface area contributed by atoms with Gasteiger partial charge in [-0.15, -0.1) is 0 Å². The Kier molecular flexibility index (Phi) is 9.98. The molecule has 0 saturated carbocycles. The molecule has 8 aromatic carbocycles. The van der Waals surface area contributed by atoms with Crippen LogP contribution in [0.15, 0.2) is 170 Å². The standard InChI is InChI=1S/C61H61N/c1-58(2,3)44-29-32-54(52(37-44)40-20-14-12-15-21-40)62(55-33-30-45(59(4,5)6)38-53(55)41-22-16-13-17-23-41)56-39-46-28-31-50(56)51-27-19-25-42-24-18-26-49(57(42)51)43-34-47(60(7,8)9)36-48(35-43)61(46,10)11/h12-39H,1-11H3. The van der Waals surface area contributed by atoms with Gasteiger partial charge in [-0.3, -0.25) is 0 Å². The smallest absolute Gasteiger partial charge is 0.0543 e. The predicted molar refractivity (Wildman–Crippen MR) is 269 cm³/mol. The Morgan fingerprint density at radius 3 is 1.37 bits per heavy atom. The molecule has 0 N–H and O–H groups in total. The molecule has 62 heavy (non-hydrogen) atoms. The molecule has 8 aromatic rings. The maximum atomic E-state index is 2.61. The third-order valence-electron chi connectivity index (χ3n) is 13.4. The van der Waals surface area contributed by atoms with Gasteiger partial charge in [0, 0.05) is 22.1 Å². The van der Waals surface area contributed by atoms with E-state index < -0.39 is 0 Å². The van der Waals surface area contributed by atoms with Crippen molar-refractivity contribution in [3.8, 4) is 44.5 Å². The van der Waals surface area contributed by atoms with Crippen LogP contribution in [-0.4, -0.2) is 0 Å². The lowest BCUT2D eigenvalue weighted by atomic mass is 9.74. The van der Waals surface area contributed by atoms with E-state index in [4.69, 9.17) is 0 Å². The SMILES string of the molecule is CC(C)(C)c1cc2cc(c1)C(C)(C)c1ccc(c(N(c3ccc(C(C)(C)C)cc3-c3ccccc3)c3ccc(C(C)(C)C)cc3-c3ccccc3)c1)-c1cccc3cccc-2c13. The fraction of sp³-hybridized carbons (Fsp3) is 0.246. The zero-order valence-electron chi connectivity index (χ0n) is 38.6. The molecule has 2 aliphatic carbocycles. The van der Waals surface area contributed by atoms with Crippen molar-refractivity contribution in [1.29, 1.82) is 0 Å². The lowest BCUT2D eigenvalue weighted by molar-refractivity contribution is 0.582. The van der Waals surface area contributed by atoms with E-state index in [0.717, 1.165) is 17.1 Å². The van der Waals surface area contributed by atoms with Gasteiger partial charge < -0.3 is 4.90 Å². The molecule has 0 aromatic heterocycles. The van der Waals surface area contributed by atoms with Crippen LogP contribution in [-0.2, 0) is 21.7 Å². The highest BCUT2D eigenvalue weighted by atomic mass is 15.2. The van der Waals surface area contributed by atoms with Crippen LogP contribution in [0.3, 0.4) is 0 Å². The van der Waals surface area contributed by atoms with E-state index in [1.165, 1.54) is 83.1 Å². The molecular weight excluding hydrogens is 747 g/mol. The van der Waals surface area contributed by atoms with Gasteiger partial charge in [0.05, 0.1) is 17.1 Å². The first-order valence-corrected chi connectivity index (χ1v) is 22.4. The molecule has 2 aliphatic rings. The summed E-state index contributed by atoms with van der Waals surface area (Å²) in [4.78, 5) is 2.61. The minimum atomic E-state index is -0.323. The maximum Gasteiger partial charge on any atom is 0.0543 e. The number of hydrogen-bond donors (Lipinski definition) is 0. The molecule has 0 aliphatic heterocycles. The summed E-state index contributed by atoms with van der Waals surface area (Å²) in [6.45, 7) is 25.7. The van der Waals surface area contributed by atoms with Crippen molar-refractivity contribution >= 4 is 27.8 Å². The minimum Gasteiger partial charge on any atom is -0.309 e. The van der Waals surface area contributed by atoms with Crippen LogP contribution in [0, 0.1) is 0 Å². The Morgan fingerprint density at radius 2 is 0.855 bits per heavy atom. The molecule has 4 bridgehead atoms. The first-order chi connectivity index (χ1) is 29.4. The van der Waals surface area contributed by atoms with Crippen LogP contribution < -0.4 is 4.90 Å². The second-order valence-corrected chi connectivity index (χ2v) is 21.1. The van der Waals surface area contributed by atoms with E-state index >= 15 is 0 Å². The monoisotopic (exact) mass is 807 g/mol. The Hall–Kier alpha value is -6.18. The first kappa shape index (κ1) is 41.2. The molecule has 1 nitrogen and oxygen atoms in total. The Morgan fingerprint density at radius 1 is 0.339 bits per heavy atom. The molecule has 0 fully saturated rings. The fourth-order valence-corrected chi connectivity index (χ4v) is 9.37. The van der Waals surface area contributed by atoms with Gasteiger partial charge in [-0.1, -0.05) is 216 Å². The average Bonchev–Trinajstić information content (AvgIpc) is 3.26. The van der Waals surface area contributed by atoms with Crippen LogP contribution in [0.5, 0.6) is 0 Å². The molecule has 1 heteroatoms. The summed E-state index contributed by atoms with van der Waals surface area (Å²) < 4.78 is 0. The largest absolute Gasteiger partial charge is 0.309 e. The van der Waals surface area contributed by atoms with Crippen LogP contribution in [0.2, 0.25) is 0 Å². The average molecular weight is 808 g/mol. The molecule has 310 valence electrons. The summed E-state index contributed by atoms with van der Waals surface area (Å²) in [6.07, 6.45) is 0. The first-order valence-electron chi connectivity index (χ1n) is 22.4. The van der Waals surface area contributed by atoms with Crippen LogP contribution in [0.4, 0.5) is 17.1 Å². The molecule has 0 atom stereocenters. The van der Waals surface area contributed by atoms with Crippen molar-refractivity contribution in [3.05, 3.63) is 198 Å². The van der Waals surface area contributed by atoms with Crippen LogP contribution in [0.1, 0.15) is 104 Å². The van der Waals surface area contributed by atoms with E-state index in [1.54, 1.807) is 0 Å². The van der Waals surface area contributed by atoms with Gasteiger partial charge in [0.25, 0.3) is 0 Å². The number of anilines is 3. The Balaban J connectivity index is 1.47. The van der Waals surface area contributed by atoms with Crippen molar-refractivity contribution in [2.24, 2.45) is 0 Å². The van der Waals surface area contributed by atoms with E-state index in [9.17, 15) is 0 Å². The topological polar surface area (TPSA) is 3.24 Å². The van der Waals surface area contributed by atoms with Gasteiger partial charge in [-0.25, -0.2) is 0 Å². The van der Waals surface area contributed by atoms with Crippen LogP contribution in [0.25, 0.3) is 55.3 Å². The molecule has 0 saturated heterocycles. The summed E-state index contributed by atoms with van der Waals surface area (Å²) in [6, 6.07) is 64.8. The van der Waals surface area contributed by atoms with Gasteiger partial charge in [0.2, 0.25) is 0 Å². The highest BCUT2D eigenvalue weighted by Gasteiger charge is 2.32. The van der Waals surface area contributed by atoms with Crippen molar-refractivity contribution in [1.82, 2.24) is 0 Å². The zero-order chi connectivity index (χ0) is 43.8. The van der Waals surface area contributed by atoms with E-state index in [2.05, 4.69) is 251 Å². The lowest BCUT2D eigenvalue weighted by Gasteiger charge is -2.35. The Labute approximate surface area is 371 Å². The van der Waals surface area contributed by atoms with E-state index in [1.807, 2.05) is 0 Å². The number of fused-ring (bicyclic) bond motifs is 2. The van der Waals surface area contributed by atoms with Crippen molar-refractivity contribution in [2.45, 2.75) is 97.8 Å². The van der Waals surface area contributed by atoms with Gasteiger partial charge in [0.1, 0.15) is 0 Å². The summed E-state index contributed by atoms with van der Waals surface area (Å²) in [5.74, 6) is 0. The van der Waals surface area contributed by atoms with Crippen molar-refractivity contribution in [2.75, 3.05) is 4.90 Å². The summed E-state index contributed by atoms with van der Waals surface area (Å²) in [7, 11) is 0. The van der Waals surface area contributed by atoms with Gasteiger partial charge >= 0.3 is 0 Å². The van der Waals surface area contributed by atoms with E-state index in [-0.39, 0.29) is 21.7 Å². The molecule has 0 heterocycles. The third-order valence-corrected chi connectivity index (χ3v) is 13.4. The zero-order valence-corrected chi connectivity index (χ0v) is 38.6. The molecule has 0 amide bonds. The molecule has 0 spiro atoms. The number of rotatable bonds is 5. The second kappa shape index (κ2) is 15.0. The molecule has 10 rings (SSSR count). The third kappa shape index (κ3) is 7.36. The fourth-order valence-electron chi connectivity index (χ4n) is 9.37. The van der Waals surface area contributed by atoms with Gasteiger partial charge in [0.15, 0.2) is 0 Å². The summed E-state index contributed by atoms with van der Waals surface area (Å²) >= 11 is 0. The highest BCUT2D eigenvalue weighted by Crippen LogP contribution is 2.53. The number of nitrogens with zero attached hydrogens (tertiary/aromatic N) is 1. The highest BCUT2D eigenvalue weighted by molar-refractivity contribution is 6.10. The quantitative estimate of drug-likeness (QED) is 0.167. The molecule has 0 radical (unpaired) electrons. The summed E-state index contributed by atoms with van der Waals surface area (Å²) in [5, 5.41) is 2.51. The number of hydrogen-bond acceptors (Lipinski definition) is 1. The second-order valence-electron chi connectivity index (χ2n) is 21.1. The predicted octanol–water partition coefficient (Wildman–Crippen LogP) is 17.5. The minimum absolute atomic E-state index is 0.0280. The maximum absolute atomic E-state index is 2.61. The summed E-state index contributed by atoms with van der Waals surface area (Å²) in [5.41, 5.74) is 19.3. The normalized spacial score (nSPS) is 13.5. The van der Waals surface area contributed by atoms with Crippen molar-refractivity contribution < 1.29 is 0 Å². The van der Waals surface area contributed by atoms with Crippen LogP contribution >= 0.6 is 0 Å². The molecule has 0 unspecified atom stereocenters. The molecular formula is C61H61N. The Bertz CT molecular complexity index is 2860. The van der Waals surface area contributed by atoms with Gasteiger partial charge in [-0.2, -0.15) is 0 Å². The number of benzene rings is 8. The van der Waals surface area contributed by atoms with Gasteiger partial charge in [-0.05, 0) is 113 Å².